The van der Waals surface area contributed by atoms with Gasteiger partial charge in [0, 0.05) is 11.3 Å². The summed E-state index contributed by atoms with van der Waals surface area (Å²) in [6, 6.07) is 0. The third kappa shape index (κ3) is 0.748. The van der Waals surface area contributed by atoms with Crippen LogP contribution in [0.25, 0.3) is 0 Å². The Labute approximate surface area is 70.5 Å². The number of fused-ring (bicyclic) bond motifs is 1. The maximum atomic E-state index is 13.4. The quantitative estimate of drug-likeness (QED) is 0.563. The molecule has 0 aliphatic heterocycles. The first kappa shape index (κ1) is 7.81. The summed E-state index contributed by atoms with van der Waals surface area (Å²) in [7, 11) is 0. The minimum Gasteiger partial charge on any atom is -0.393 e. The first-order valence-corrected chi connectivity index (χ1v) is 4.44. The van der Waals surface area contributed by atoms with Gasteiger partial charge in [0.2, 0.25) is 0 Å². The van der Waals surface area contributed by atoms with Crippen LogP contribution in [0.5, 0.6) is 0 Å². The average molecular weight is 179 g/mol. The van der Waals surface area contributed by atoms with Gasteiger partial charge in [-0.3, -0.25) is 0 Å². The van der Waals surface area contributed by atoms with Gasteiger partial charge in [-0.1, -0.05) is 24.9 Å². The second kappa shape index (κ2) is 1.91. The minimum atomic E-state index is -1.62. The van der Waals surface area contributed by atoms with E-state index in [1.165, 1.54) is 0 Å². The van der Waals surface area contributed by atoms with E-state index in [-0.39, 0.29) is 5.92 Å². The lowest BCUT2D eigenvalue weighted by Gasteiger charge is -2.19. The van der Waals surface area contributed by atoms with Crippen molar-refractivity contribution in [3.63, 3.8) is 0 Å². The van der Waals surface area contributed by atoms with Crippen LogP contribution >= 0.6 is 11.6 Å². The first-order valence-electron chi connectivity index (χ1n) is 4.06. The van der Waals surface area contributed by atoms with Crippen LogP contribution < -0.4 is 0 Å². The third-order valence-corrected chi connectivity index (χ3v) is 4.00. The van der Waals surface area contributed by atoms with E-state index in [1.54, 1.807) is 0 Å². The molecule has 0 bridgehead atoms. The maximum Gasteiger partial charge on any atom is 0.195 e. The molecule has 2 aliphatic rings. The van der Waals surface area contributed by atoms with Gasteiger partial charge in [-0.15, -0.1) is 0 Å². The number of hydrogen-bond donors (Lipinski definition) is 1. The van der Waals surface area contributed by atoms with Crippen LogP contribution in [0.15, 0.2) is 0 Å². The number of hydrogen-bond acceptors (Lipinski definition) is 1. The summed E-state index contributed by atoms with van der Waals surface area (Å²) in [5, 5.41) is 7.77. The molecule has 0 spiro atoms. The van der Waals surface area contributed by atoms with Crippen molar-refractivity contribution < 1.29 is 9.50 Å². The van der Waals surface area contributed by atoms with Crippen LogP contribution in [-0.2, 0) is 0 Å². The van der Waals surface area contributed by atoms with Gasteiger partial charge >= 0.3 is 0 Å². The largest absolute Gasteiger partial charge is 0.393 e. The van der Waals surface area contributed by atoms with Crippen LogP contribution in [-0.4, -0.2) is 16.3 Å². The van der Waals surface area contributed by atoms with E-state index < -0.39 is 16.6 Å². The molecule has 1 N–H and O–H groups in total. The molecular formula is C8H12ClFO. The molecule has 2 aliphatic carbocycles. The lowest BCUT2D eigenvalue weighted by molar-refractivity contribution is 0.0954. The molecule has 2 saturated carbocycles. The minimum absolute atomic E-state index is 0.314. The van der Waals surface area contributed by atoms with Crippen LogP contribution in [0, 0.1) is 11.3 Å². The molecule has 0 aromatic heterocycles. The van der Waals surface area contributed by atoms with E-state index in [0.29, 0.717) is 6.42 Å². The molecule has 0 aromatic carbocycles. The molecular weight excluding hydrogens is 167 g/mol. The number of aliphatic hydroxyl groups excluding tert-OH is 1. The maximum absolute atomic E-state index is 13.4. The fraction of sp³-hybridized carbons (Fsp3) is 1.00. The number of halogens is 2. The summed E-state index contributed by atoms with van der Waals surface area (Å²) < 4.78 is 13.4. The predicted octanol–water partition coefficient (Wildman–Crippen LogP) is 2.07. The standard InChI is InChI=1S/C8H12ClFO/c1-7-4-2-3-5(11)6(7)8(7,9)10/h5-6,11H,2-4H2,1H3. The Morgan fingerprint density at radius 1 is 1.64 bits per heavy atom. The van der Waals surface area contributed by atoms with E-state index in [4.69, 9.17) is 11.6 Å². The Hall–Kier alpha value is 0.180. The van der Waals surface area contributed by atoms with E-state index in [0.717, 1.165) is 12.8 Å². The van der Waals surface area contributed by atoms with Gasteiger partial charge in [-0.2, -0.15) is 0 Å². The van der Waals surface area contributed by atoms with Crippen molar-refractivity contribution >= 4 is 11.6 Å². The van der Waals surface area contributed by atoms with Crippen molar-refractivity contribution in [2.75, 3.05) is 0 Å². The molecule has 0 amide bonds. The molecule has 2 fully saturated rings. The normalized spacial score (nSPS) is 62.2. The van der Waals surface area contributed by atoms with E-state index in [9.17, 15) is 9.50 Å². The van der Waals surface area contributed by atoms with Crippen molar-refractivity contribution in [1.82, 2.24) is 0 Å². The van der Waals surface area contributed by atoms with Gasteiger partial charge in [0.15, 0.2) is 5.13 Å². The Bertz CT molecular complexity index is 195. The summed E-state index contributed by atoms with van der Waals surface area (Å²) in [5.41, 5.74) is -0.438. The zero-order valence-electron chi connectivity index (χ0n) is 6.48. The highest BCUT2D eigenvalue weighted by Crippen LogP contribution is 2.73. The number of aliphatic hydroxyl groups is 1. The van der Waals surface area contributed by atoms with Gasteiger partial charge in [-0.25, -0.2) is 4.39 Å². The molecule has 64 valence electrons. The summed E-state index contributed by atoms with van der Waals surface area (Å²) in [6.07, 6.45) is 1.90. The molecule has 3 heteroatoms. The summed E-state index contributed by atoms with van der Waals surface area (Å²) in [4.78, 5) is 0. The van der Waals surface area contributed by atoms with Crippen molar-refractivity contribution in [2.24, 2.45) is 11.3 Å². The highest BCUT2D eigenvalue weighted by Gasteiger charge is 2.77. The van der Waals surface area contributed by atoms with Crippen LogP contribution in [0.3, 0.4) is 0 Å². The van der Waals surface area contributed by atoms with Crippen molar-refractivity contribution in [3.8, 4) is 0 Å². The molecule has 0 saturated heterocycles. The molecule has 11 heavy (non-hydrogen) atoms. The van der Waals surface area contributed by atoms with Gasteiger partial charge in [0.05, 0.1) is 6.10 Å². The predicted molar refractivity (Wildman–Crippen MR) is 41.1 cm³/mol. The van der Waals surface area contributed by atoms with Crippen molar-refractivity contribution in [2.45, 2.75) is 37.4 Å². The molecule has 0 aromatic rings. The molecule has 0 heterocycles. The monoisotopic (exact) mass is 178 g/mol. The molecule has 4 atom stereocenters. The molecule has 1 nitrogen and oxygen atoms in total. The summed E-state index contributed by atoms with van der Waals surface area (Å²) in [6.45, 7) is 1.83. The zero-order valence-corrected chi connectivity index (χ0v) is 7.24. The smallest absolute Gasteiger partial charge is 0.195 e. The number of alkyl halides is 2. The first-order chi connectivity index (χ1) is 5.00. The Balaban J connectivity index is 2.23. The van der Waals surface area contributed by atoms with Crippen molar-refractivity contribution in [1.29, 1.82) is 0 Å². The molecule has 2 rings (SSSR count). The van der Waals surface area contributed by atoms with Gasteiger partial charge in [0.1, 0.15) is 0 Å². The fourth-order valence-electron chi connectivity index (χ4n) is 2.45. The second-order valence-corrected chi connectivity index (χ2v) is 4.53. The third-order valence-electron chi connectivity index (χ3n) is 3.34. The van der Waals surface area contributed by atoms with Crippen LogP contribution in [0.4, 0.5) is 4.39 Å². The summed E-state index contributed by atoms with van der Waals surface area (Å²) in [5.74, 6) is -0.314. The Morgan fingerprint density at radius 2 is 2.27 bits per heavy atom. The van der Waals surface area contributed by atoms with E-state index in [2.05, 4.69) is 0 Å². The Morgan fingerprint density at radius 3 is 2.73 bits per heavy atom. The molecule has 0 radical (unpaired) electrons. The summed E-state index contributed by atoms with van der Waals surface area (Å²) >= 11 is 5.62. The average Bonchev–Trinajstić information content (AvgIpc) is 2.29. The lowest BCUT2D eigenvalue weighted by Crippen LogP contribution is -2.19. The second-order valence-electron chi connectivity index (χ2n) is 3.98. The topological polar surface area (TPSA) is 20.2 Å². The van der Waals surface area contributed by atoms with Gasteiger partial charge in [-0.05, 0) is 12.8 Å². The fourth-order valence-corrected chi connectivity index (χ4v) is 2.99. The number of rotatable bonds is 0. The van der Waals surface area contributed by atoms with Gasteiger partial charge in [0.25, 0.3) is 0 Å². The highest BCUT2D eigenvalue weighted by atomic mass is 35.5. The highest BCUT2D eigenvalue weighted by molar-refractivity contribution is 6.26. The van der Waals surface area contributed by atoms with Crippen LogP contribution in [0.2, 0.25) is 0 Å². The lowest BCUT2D eigenvalue weighted by atomic mass is 9.88. The van der Waals surface area contributed by atoms with E-state index >= 15 is 0 Å². The SMILES string of the molecule is CC12CCCC(O)C1C2(F)Cl. The van der Waals surface area contributed by atoms with Gasteiger partial charge < -0.3 is 5.11 Å². The zero-order chi connectivity index (χ0) is 8.28. The van der Waals surface area contributed by atoms with Crippen molar-refractivity contribution in [3.05, 3.63) is 0 Å². The van der Waals surface area contributed by atoms with Crippen LogP contribution in [0.1, 0.15) is 26.2 Å². The molecule has 4 unspecified atom stereocenters. The Kier molecular flexibility index (Phi) is 1.36. The van der Waals surface area contributed by atoms with E-state index in [1.807, 2.05) is 6.92 Å².